The highest BCUT2D eigenvalue weighted by molar-refractivity contribution is 5.92. The van der Waals surface area contributed by atoms with E-state index in [2.05, 4.69) is 16.5 Å². The summed E-state index contributed by atoms with van der Waals surface area (Å²) in [4.78, 5) is 0. The lowest BCUT2D eigenvalue weighted by Crippen LogP contribution is -1.96. The molecule has 0 aliphatic heterocycles. The number of nitrogens with one attached hydrogen (secondary N) is 1. The van der Waals surface area contributed by atoms with E-state index in [1.807, 2.05) is 54.3 Å². The molecular weight excluding hydrogens is 224 g/mol. The van der Waals surface area contributed by atoms with Crippen LogP contribution < -0.4 is 11.1 Å². The number of rotatable bonds is 2. The van der Waals surface area contributed by atoms with Gasteiger partial charge < -0.3 is 11.1 Å². The number of hydrogen-bond donors (Lipinski definition) is 2. The van der Waals surface area contributed by atoms with Crippen molar-refractivity contribution >= 4 is 22.3 Å². The number of nitrogens with zero attached hydrogens (tertiary/aromatic N) is 2. The summed E-state index contributed by atoms with van der Waals surface area (Å²) < 4.78 is 1.91. The summed E-state index contributed by atoms with van der Waals surface area (Å²) in [5, 5.41) is 8.72. The first-order chi connectivity index (χ1) is 8.79. The van der Waals surface area contributed by atoms with Crippen LogP contribution in [0.3, 0.4) is 0 Å². The number of hydrogen-bond acceptors (Lipinski definition) is 3. The highest BCUT2D eigenvalue weighted by Crippen LogP contribution is 2.25. The van der Waals surface area contributed by atoms with E-state index in [1.54, 1.807) is 0 Å². The minimum absolute atomic E-state index is 0.756. The van der Waals surface area contributed by atoms with Gasteiger partial charge in [0, 0.05) is 23.8 Å². The first-order valence-electron chi connectivity index (χ1n) is 5.80. The molecule has 3 N–H and O–H groups in total. The largest absolute Gasteiger partial charge is 0.399 e. The van der Waals surface area contributed by atoms with Crippen LogP contribution in [0, 0.1) is 0 Å². The zero-order valence-corrected chi connectivity index (χ0v) is 10.1. The van der Waals surface area contributed by atoms with Crippen molar-refractivity contribution in [2.75, 3.05) is 18.1 Å². The lowest BCUT2D eigenvalue weighted by Gasteiger charge is -2.05. The number of nitrogen functional groups attached to an aromatic ring is 1. The topological polar surface area (TPSA) is 55.9 Å². The van der Waals surface area contributed by atoms with Gasteiger partial charge in [0.1, 0.15) is 0 Å². The molecule has 0 saturated heterocycles. The van der Waals surface area contributed by atoms with Crippen molar-refractivity contribution < 1.29 is 0 Å². The summed E-state index contributed by atoms with van der Waals surface area (Å²) in [6.07, 6.45) is 1.87. The van der Waals surface area contributed by atoms with Gasteiger partial charge in [-0.2, -0.15) is 5.10 Å². The van der Waals surface area contributed by atoms with Crippen molar-refractivity contribution in [1.29, 1.82) is 0 Å². The maximum atomic E-state index is 5.70. The number of benzene rings is 2. The summed E-state index contributed by atoms with van der Waals surface area (Å²) in [5.74, 6) is 0. The molecule has 3 rings (SSSR count). The van der Waals surface area contributed by atoms with Gasteiger partial charge in [-0.15, -0.1) is 0 Å². The average Bonchev–Trinajstić information content (AvgIpc) is 2.83. The Morgan fingerprint density at radius 2 is 1.89 bits per heavy atom. The third kappa shape index (κ3) is 1.59. The molecule has 2 aromatic carbocycles. The first-order valence-corrected chi connectivity index (χ1v) is 5.80. The molecule has 4 nitrogen and oxygen atoms in total. The van der Waals surface area contributed by atoms with E-state index < -0.39 is 0 Å². The zero-order valence-electron chi connectivity index (χ0n) is 10.1. The Balaban J connectivity index is 2.21. The Morgan fingerprint density at radius 3 is 2.61 bits per heavy atom. The monoisotopic (exact) mass is 238 g/mol. The van der Waals surface area contributed by atoms with Gasteiger partial charge in [-0.3, -0.25) is 0 Å². The molecule has 0 fully saturated rings. The molecular formula is C14H14N4. The maximum Gasteiger partial charge on any atom is 0.0761 e. The molecule has 0 bridgehead atoms. The van der Waals surface area contributed by atoms with Crippen LogP contribution in [0.25, 0.3) is 16.6 Å². The van der Waals surface area contributed by atoms with Crippen molar-refractivity contribution in [3.63, 3.8) is 0 Å². The van der Waals surface area contributed by atoms with Gasteiger partial charge >= 0.3 is 0 Å². The van der Waals surface area contributed by atoms with Gasteiger partial charge in [0.15, 0.2) is 0 Å². The predicted molar refractivity (Wildman–Crippen MR) is 75.0 cm³/mol. The van der Waals surface area contributed by atoms with E-state index in [0.717, 1.165) is 28.0 Å². The van der Waals surface area contributed by atoms with E-state index >= 15 is 0 Å². The third-order valence-electron chi connectivity index (χ3n) is 3.02. The smallest absolute Gasteiger partial charge is 0.0761 e. The SMILES string of the molecule is CNc1cccc2c1cnn2-c1ccc(N)cc1. The normalized spacial score (nSPS) is 10.7. The van der Waals surface area contributed by atoms with Gasteiger partial charge in [0.2, 0.25) is 0 Å². The molecule has 0 amide bonds. The molecule has 3 aromatic rings. The number of aromatic nitrogens is 2. The quantitative estimate of drug-likeness (QED) is 0.675. The molecule has 4 heteroatoms. The molecule has 0 saturated carbocycles. The highest BCUT2D eigenvalue weighted by Gasteiger charge is 2.07. The van der Waals surface area contributed by atoms with Gasteiger partial charge in [-0.05, 0) is 36.4 Å². The lowest BCUT2D eigenvalue weighted by atomic mass is 10.2. The molecule has 0 aliphatic carbocycles. The minimum atomic E-state index is 0.756. The van der Waals surface area contributed by atoms with E-state index in [4.69, 9.17) is 5.73 Å². The summed E-state index contributed by atoms with van der Waals surface area (Å²) in [7, 11) is 1.91. The van der Waals surface area contributed by atoms with E-state index in [9.17, 15) is 0 Å². The fourth-order valence-electron chi connectivity index (χ4n) is 2.09. The molecule has 0 unspecified atom stereocenters. The summed E-state index contributed by atoms with van der Waals surface area (Å²) >= 11 is 0. The number of anilines is 2. The van der Waals surface area contributed by atoms with Crippen molar-refractivity contribution in [1.82, 2.24) is 9.78 Å². The van der Waals surface area contributed by atoms with Crippen molar-refractivity contribution in [2.45, 2.75) is 0 Å². The molecule has 0 atom stereocenters. The summed E-state index contributed by atoms with van der Waals surface area (Å²) in [6, 6.07) is 13.8. The van der Waals surface area contributed by atoms with Gasteiger partial charge in [-0.1, -0.05) is 6.07 Å². The van der Waals surface area contributed by atoms with Crippen LogP contribution in [0.2, 0.25) is 0 Å². The molecule has 1 heterocycles. The predicted octanol–water partition coefficient (Wildman–Crippen LogP) is 2.65. The van der Waals surface area contributed by atoms with E-state index in [-0.39, 0.29) is 0 Å². The van der Waals surface area contributed by atoms with Crippen LogP contribution >= 0.6 is 0 Å². The molecule has 18 heavy (non-hydrogen) atoms. The van der Waals surface area contributed by atoms with Crippen LogP contribution in [0.1, 0.15) is 0 Å². The van der Waals surface area contributed by atoms with Crippen LogP contribution in [0.4, 0.5) is 11.4 Å². The van der Waals surface area contributed by atoms with Crippen molar-refractivity contribution in [3.05, 3.63) is 48.7 Å². The van der Waals surface area contributed by atoms with Crippen molar-refractivity contribution in [2.24, 2.45) is 0 Å². The van der Waals surface area contributed by atoms with Gasteiger partial charge in [-0.25, -0.2) is 4.68 Å². The minimum Gasteiger partial charge on any atom is -0.399 e. The highest BCUT2D eigenvalue weighted by atomic mass is 15.3. The van der Waals surface area contributed by atoms with Gasteiger partial charge in [0.25, 0.3) is 0 Å². The van der Waals surface area contributed by atoms with Crippen molar-refractivity contribution in [3.8, 4) is 5.69 Å². The van der Waals surface area contributed by atoms with Crippen LogP contribution in [0.15, 0.2) is 48.7 Å². The average molecular weight is 238 g/mol. The number of nitrogens with two attached hydrogens (primary N) is 1. The zero-order chi connectivity index (χ0) is 12.5. The Labute approximate surface area is 105 Å². The molecule has 1 aromatic heterocycles. The molecule has 0 spiro atoms. The fraction of sp³-hybridized carbons (Fsp3) is 0.0714. The second kappa shape index (κ2) is 4.07. The maximum absolute atomic E-state index is 5.70. The lowest BCUT2D eigenvalue weighted by molar-refractivity contribution is 0.911. The van der Waals surface area contributed by atoms with Crippen LogP contribution in [-0.2, 0) is 0 Å². The Morgan fingerprint density at radius 1 is 1.11 bits per heavy atom. The fourth-order valence-corrected chi connectivity index (χ4v) is 2.09. The Bertz CT molecular complexity index is 683. The summed E-state index contributed by atoms with van der Waals surface area (Å²) in [5.41, 5.74) is 9.61. The molecule has 0 radical (unpaired) electrons. The van der Waals surface area contributed by atoms with Crippen LogP contribution in [-0.4, -0.2) is 16.8 Å². The second-order valence-electron chi connectivity index (χ2n) is 4.14. The Kier molecular flexibility index (Phi) is 2.41. The van der Waals surface area contributed by atoms with E-state index in [0.29, 0.717) is 0 Å². The first kappa shape index (κ1) is 10.7. The number of fused-ring (bicyclic) bond motifs is 1. The van der Waals surface area contributed by atoms with Crippen LogP contribution in [0.5, 0.6) is 0 Å². The third-order valence-corrected chi connectivity index (χ3v) is 3.02. The molecule has 90 valence electrons. The second-order valence-corrected chi connectivity index (χ2v) is 4.14. The standard InChI is InChI=1S/C14H14N4/c1-16-13-3-2-4-14-12(13)9-17-18(14)11-7-5-10(15)6-8-11/h2-9,16H,15H2,1H3. The summed E-state index contributed by atoms with van der Waals surface area (Å²) in [6.45, 7) is 0. The Hall–Kier alpha value is -2.49. The van der Waals surface area contributed by atoms with Gasteiger partial charge in [0.05, 0.1) is 17.4 Å². The molecule has 0 aliphatic rings. The van der Waals surface area contributed by atoms with E-state index in [1.165, 1.54) is 0 Å².